The molecule has 3 aromatic rings. The lowest BCUT2D eigenvalue weighted by molar-refractivity contribution is 0.0595. The van der Waals surface area contributed by atoms with Gasteiger partial charge in [-0.05, 0) is 30.2 Å². The highest BCUT2D eigenvalue weighted by Gasteiger charge is 2.23. The van der Waals surface area contributed by atoms with Gasteiger partial charge < -0.3 is 19.2 Å². The molecular formula is C22H22N2O5. The monoisotopic (exact) mass is 394 g/mol. The normalized spacial score (nSPS) is 10.4. The highest BCUT2D eigenvalue weighted by Crippen LogP contribution is 2.27. The molecule has 0 aliphatic carbocycles. The molecule has 1 N–H and O–H groups in total. The summed E-state index contributed by atoms with van der Waals surface area (Å²) in [6.07, 6.45) is 2.10. The van der Waals surface area contributed by atoms with Crippen LogP contribution in [0.1, 0.15) is 39.8 Å². The van der Waals surface area contributed by atoms with E-state index in [1.165, 1.54) is 7.11 Å². The van der Waals surface area contributed by atoms with Crippen molar-refractivity contribution >= 4 is 11.9 Å². The van der Waals surface area contributed by atoms with Crippen molar-refractivity contribution in [2.24, 2.45) is 0 Å². The molecule has 0 bridgehead atoms. The van der Waals surface area contributed by atoms with Crippen molar-refractivity contribution in [2.45, 2.75) is 19.9 Å². The summed E-state index contributed by atoms with van der Waals surface area (Å²) in [6, 6.07) is 14.4. The van der Waals surface area contributed by atoms with Crippen LogP contribution in [0.25, 0.3) is 11.3 Å². The number of nitrogens with zero attached hydrogens (tertiary/aromatic N) is 1. The van der Waals surface area contributed by atoms with Crippen LogP contribution in [0.5, 0.6) is 5.75 Å². The van der Waals surface area contributed by atoms with E-state index in [1.807, 2.05) is 24.3 Å². The zero-order chi connectivity index (χ0) is 20.6. The number of benzene rings is 2. The number of carbonyl (C=O) groups excluding carboxylic acids is 2. The van der Waals surface area contributed by atoms with Crippen molar-refractivity contribution in [3.05, 3.63) is 71.7 Å². The van der Waals surface area contributed by atoms with Crippen molar-refractivity contribution in [2.75, 3.05) is 13.7 Å². The van der Waals surface area contributed by atoms with Gasteiger partial charge in [0.1, 0.15) is 5.75 Å². The number of rotatable bonds is 8. The third-order valence-electron chi connectivity index (χ3n) is 4.21. The standard InChI is InChI=1S/C22H22N2O5/c1-3-12-28-16-10-8-15(9-11-16)13-23-21(25)18-7-5-4-6-17(18)20-19(22(26)27-2)24-14-29-20/h4-11,14H,3,12-13H2,1-2H3,(H,23,25). The number of esters is 1. The Hall–Kier alpha value is -3.61. The third kappa shape index (κ3) is 4.82. The quantitative estimate of drug-likeness (QED) is 0.584. The van der Waals surface area contributed by atoms with Gasteiger partial charge in [0.2, 0.25) is 0 Å². The summed E-state index contributed by atoms with van der Waals surface area (Å²) in [4.78, 5) is 28.6. The lowest BCUT2D eigenvalue weighted by Crippen LogP contribution is -2.23. The van der Waals surface area contributed by atoms with Crippen molar-refractivity contribution in [3.63, 3.8) is 0 Å². The van der Waals surface area contributed by atoms with E-state index < -0.39 is 5.97 Å². The van der Waals surface area contributed by atoms with Crippen molar-refractivity contribution in [1.29, 1.82) is 0 Å². The van der Waals surface area contributed by atoms with E-state index in [0.29, 0.717) is 24.3 Å². The van der Waals surface area contributed by atoms with Gasteiger partial charge >= 0.3 is 5.97 Å². The number of aromatic nitrogens is 1. The molecule has 3 rings (SSSR count). The molecule has 0 unspecified atom stereocenters. The first-order chi connectivity index (χ1) is 14.1. The van der Waals surface area contributed by atoms with E-state index in [4.69, 9.17) is 13.9 Å². The van der Waals surface area contributed by atoms with Gasteiger partial charge in [-0.1, -0.05) is 37.3 Å². The van der Waals surface area contributed by atoms with Crippen LogP contribution >= 0.6 is 0 Å². The summed E-state index contributed by atoms with van der Waals surface area (Å²) >= 11 is 0. The second-order valence-electron chi connectivity index (χ2n) is 6.24. The van der Waals surface area contributed by atoms with Crippen LogP contribution in [-0.2, 0) is 11.3 Å². The van der Waals surface area contributed by atoms with Gasteiger partial charge in [-0.15, -0.1) is 0 Å². The number of methoxy groups -OCH3 is 1. The molecule has 0 saturated heterocycles. The highest BCUT2D eigenvalue weighted by atomic mass is 16.5. The maximum absolute atomic E-state index is 12.8. The largest absolute Gasteiger partial charge is 0.494 e. The van der Waals surface area contributed by atoms with Gasteiger partial charge in [0, 0.05) is 12.1 Å². The molecular weight excluding hydrogens is 372 g/mol. The molecule has 1 aromatic heterocycles. The number of carbonyl (C=O) groups is 2. The van der Waals surface area contributed by atoms with Gasteiger partial charge in [0.05, 0.1) is 19.3 Å². The predicted molar refractivity (Wildman–Crippen MR) is 107 cm³/mol. The summed E-state index contributed by atoms with van der Waals surface area (Å²) < 4.78 is 15.7. The van der Waals surface area contributed by atoms with Gasteiger partial charge in [-0.3, -0.25) is 4.79 Å². The van der Waals surface area contributed by atoms with E-state index in [-0.39, 0.29) is 17.4 Å². The van der Waals surface area contributed by atoms with E-state index >= 15 is 0 Å². The van der Waals surface area contributed by atoms with Gasteiger partial charge in [-0.25, -0.2) is 9.78 Å². The molecule has 0 aliphatic rings. The van der Waals surface area contributed by atoms with Crippen LogP contribution in [0.3, 0.4) is 0 Å². The minimum atomic E-state index is -0.630. The highest BCUT2D eigenvalue weighted by molar-refractivity contribution is 6.03. The second kappa shape index (κ2) is 9.54. The molecule has 7 nitrogen and oxygen atoms in total. The Morgan fingerprint density at radius 2 is 1.86 bits per heavy atom. The second-order valence-corrected chi connectivity index (χ2v) is 6.24. The molecule has 1 heterocycles. The minimum absolute atomic E-state index is 0.0235. The molecule has 0 fully saturated rings. The van der Waals surface area contributed by atoms with Crippen LogP contribution in [0.15, 0.2) is 59.3 Å². The van der Waals surface area contributed by atoms with Crippen LogP contribution in [0.2, 0.25) is 0 Å². The number of ether oxygens (including phenoxy) is 2. The van der Waals surface area contributed by atoms with Gasteiger partial charge in [0.25, 0.3) is 5.91 Å². The maximum atomic E-state index is 12.8. The number of hydrogen-bond acceptors (Lipinski definition) is 6. The van der Waals surface area contributed by atoms with Crippen molar-refractivity contribution in [1.82, 2.24) is 10.3 Å². The fraction of sp³-hybridized carbons (Fsp3) is 0.227. The Morgan fingerprint density at radius 1 is 1.10 bits per heavy atom. The van der Waals surface area contributed by atoms with Gasteiger partial charge in [-0.2, -0.15) is 0 Å². The van der Waals surface area contributed by atoms with Crippen LogP contribution in [0, 0.1) is 0 Å². The van der Waals surface area contributed by atoms with E-state index in [9.17, 15) is 9.59 Å². The van der Waals surface area contributed by atoms with Crippen LogP contribution < -0.4 is 10.1 Å². The maximum Gasteiger partial charge on any atom is 0.360 e. The summed E-state index contributed by atoms with van der Waals surface area (Å²) in [6.45, 7) is 3.07. The fourth-order valence-corrected chi connectivity index (χ4v) is 2.76. The minimum Gasteiger partial charge on any atom is -0.494 e. The first-order valence-electron chi connectivity index (χ1n) is 9.25. The first-order valence-corrected chi connectivity index (χ1v) is 9.25. The molecule has 0 saturated carbocycles. The summed E-state index contributed by atoms with van der Waals surface area (Å²) in [5.41, 5.74) is 1.80. The molecule has 0 atom stereocenters. The zero-order valence-electron chi connectivity index (χ0n) is 16.3. The first kappa shape index (κ1) is 20.1. The Kier molecular flexibility index (Phi) is 6.63. The molecule has 0 spiro atoms. The average molecular weight is 394 g/mol. The average Bonchev–Trinajstić information content (AvgIpc) is 3.26. The molecule has 1 amide bonds. The molecule has 150 valence electrons. The number of amides is 1. The summed E-state index contributed by atoms with van der Waals surface area (Å²) in [7, 11) is 1.26. The molecule has 7 heteroatoms. The van der Waals surface area contributed by atoms with E-state index in [2.05, 4.69) is 17.2 Å². The van der Waals surface area contributed by atoms with Crippen molar-refractivity contribution in [3.8, 4) is 17.1 Å². The van der Waals surface area contributed by atoms with Gasteiger partial charge in [0.15, 0.2) is 17.8 Å². The van der Waals surface area contributed by atoms with Crippen LogP contribution in [-0.4, -0.2) is 30.6 Å². The smallest absolute Gasteiger partial charge is 0.360 e. The Balaban J connectivity index is 1.74. The summed E-state index contributed by atoms with van der Waals surface area (Å²) in [5, 5.41) is 2.88. The lowest BCUT2D eigenvalue weighted by Gasteiger charge is -2.10. The number of nitrogens with one attached hydrogen (secondary N) is 1. The SMILES string of the molecule is CCCOc1ccc(CNC(=O)c2ccccc2-c2ocnc2C(=O)OC)cc1. The fourth-order valence-electron chi connectivity index (χ4n) is 2.76. The molecule has 29 heavy (non-hydrogen) atoms. The van der Waals surface area contributed by atoms with Crippen LogP contribution in [0.4, 0.5) is 0 Å². The number of oxazole rings is 1. The third-order valence-corrected chi connectivity index (χ3v) is 4.21. The van der Waals surface area contributed by atoms with E-state index in [0.717, 1.165) is 24.1 Å². The Bertz CT molecular complexity index is 979. The van der Waals surface area contributed by atoms with E-state index in [1.54, 1.807) is 24.3 Å². The summed E-state index contributed by atoms with van der Waals surface area (Å²) in [5.74, 6) is 0.0708. The predicted octanol–water partition coefficient (Wildman–Crippen LogP) is 3.85. The topological polar surface area (TPSA) is 90.7 Å². The Morgan fingerprint density at radius 3 is 2.59 bits per heavy atom. The Labute approximate surface area is 168 Å². The molecule has 0 aliphatic heterocycles. The van der Waals surface area contributed by atoms with Crippen molar-refractivity contribution < 1.29 is 23.5 Å². The molecule has 2 aromatic carbocycles. The molecule has 0 radical (unpaired) electrons. The lowest BCUT2D eigenvalue weighted by atomic mass is 10.0. The number of hydrogen-bond donors (Lipinski definition) is 1. The zero-order valence-corrected chi connectivity index (χ0v) is 16.3.